The number of hydrogen-bond acceptors (Lipinski definition) is 7. The third-order valence-electron chi connectivity index (χ3n) is 4.90. The number of anilines is 2. The number of nitrogens with one attached hydrogen (secondary N) is 1. The van der Waals surface area contributed by atoms with E-state index in [0.29, 0.717) is 35.8 Å². The van der Waals surface area contributed by atoms with Gasteiger partial charge in [-0.05, 0) is 50.3 Å². The van der Waals surface area contributed by atoms with Crippen LogP contribution in [0, 0.1) is 0 Å². The van der Waals surface area contributed by atoms with E-state index in [1.807, 2.05) is 31.2 Å². The van der Waals surface area contributed by atoms with Gasteiger partial charge in [0.2, 0.25) is 5.88 Å². The highest BCUT2D eigenvalue weighted by Gasteiger charge is 2.17. The van der Waals surface area contributed by atoms with Crippen LogP contribution in [0.5, 0.6) is 11.6 Å². The molecule has 0 aliphatic carbocycles. The Morgan fingerprint density at radius 2 is 1.73 bits per heavy atom. The fourth-order valence-electron chi connectivity index (χ4n) is 3.18. The number of nitrogens with zero attached hydrogens (tertiary/aromatic N) is 3. The minimum absolute atomic E-state index is 0. The highest BCUT2D eigenvalue weighted by molar-refractivity contribution is 6.03. The van der Waals surface area contributed by atoms with Crippen molar-refractivity contribution < 1.29 is 19.4 Å². The lowest BCUT2D eigenvalue weighted by Gasteiger charge is -2.18. The SMILES string of the molecule is CCOc1ccc2ncc(C(=O)O)c(Nc3ccc(OCCN(CC)CC)cc3)c2n1.Cl.Cl. The number of aromatic nitrogens is 2. The third kappa shape index (κ3) is 7.35. The molecular weight excluding hydrogens is 467 g/mol. The standard InChI is InChI=1S/C23H28N4O4.2ClH/c1-4-27(5-2)13-14-31-17-9-7-16(8-10-17)25-21-18(23(28)29)15-24-19-11-12-20(30-6-3)26-22(19)21;;/h7-12,15H,4-6,13-14H2,1-3H3,(H,24,25)(H,28,29);2*1H. The molecule has 0 unspecified atom stereocenters. The molecule has 0 saturated heterocycles. The quantitative estimate of drug-likeness (QED) is 0.381. The van der Waals surface area contributed by atoms with Crippen molar-refractivity contribution in [1.82, 2.24) is 14.9 Å². The van der Waals surface area contributed by atoms with E-state index in [1.54, 1.807) is 12.1 Å². The zero-order chi connectivity index (χ0) is 22.2. The molecule has 0 atom stereocenters. The van der Waals surface area contributed by atoms with Crippen molar-refractivity contribution in [2.75, 3.05) is 38.2 Å². The largest absolute Gasteiger partial charge is 0.492 e. The summed E-state index contributed by atoms with van der Waals surface area (Å²) in [5.41, 5.74) is 2.13. The molecule has 2 aromatic heterocycles. The van der Waals surface area contributed by atoms with E-state index in [4.69, 9.17) is 9.47 Å². The van der Waals surface area contributed by atoms with Gasteiger partial charge in [0.15, 0.2) is 0 Å². The van der Waals surface area contributed by atoms with Gasteiger partial charge in [-0.1, -0.05) is 13.8 Å². The molecule has 0 aliphatic rings. The van der Waals surface area contributed by atoms with Gasteiger partial charge in [0.25, 0.3) is 0 Å². The van der Waals surface area contributed by atoms with Crippen LogP contribution in [0.1, 0.15) is 31.1 Å². The van der Waals surface area contributed by atoms with E-state index in [0.717, 1.165) is 31.1 Å². The predicted molar refractivity (Wildman–Crippen MR) is 135 cm³/mol. The van der Waals surface area contributed by atoms with Gasteiger partial charge in [0.05, 0.1) is 17.8 Å². The second-order valence-electron chi connectivity index (χ2n) is 6.83. The monoisotopic (exact) mass is 496 g/mol. The van der Waals surface area contributed by atoms with Gasteiger partial charge in [0, 0.05) is 24.5 Å². The molecule has 0 aliphatic heterocycles. The Bertz CT molecular complexity index is 1030. The number of carboxylic acids is 1. The average Bonchev–Trinajstić information content (AvgIpc) is 2.78. The van der Waals surface area contributed by atoms with E-state index in [-0.39, 0.29) is 30.4 Å². The fourth-order valence-corrected chi connectivity index (χ4v) is 3.18. The molecular formula is C23H30Cl2N4O4. The lowest BCUT2D eigenvalue weighted by atomic mass is 10.1. The molecule has 0 amide bonds. The number of ether oxygens (including phenoxy) is 2. The normalized spacial score (nSPS) is 10.3. The topological polar surface area (TPSA) is 96.8 Å². The summed E-state index contributed by atoms with van der Waals surface area (Å²) in [6, 6.07) is 10.9. The summed E-state index contributed by atoms with van der Waals surface area (Å²) >= 11 is 0. The van der Waals surface area contributed by atoms with Crippen molar-refractivity contribution in [1.29, 1.82) is 0 Å². The van der Waals surface area contributed by atoms with Crippen LogP contribution in [-0.2, 0) is 0 Å². The van der Waals surface area contributed by atoms with Crippen molar-refractivity contribution in [3.05, 3.63) is 48.2 Å². The molecule has 3 aromatic rings. The fraction of sp³-hybridized carbons (Fsp3) is 0.348. The maximum atomic E-state index is 11.8. The first kappa shape index (κ1) is 28.2. The molecule has 180 valence electrons. The highest BCUT2D eigenvalue weighted by atomic mass is 35.5. The third-order valence-corrected chi connectivity index (χ3v) is 4.90. The summed E-state index contributed by atoms with van der Waals surface area (Å²) in [5.74, 6) is 0.0868. The summed E-state index contributed by atoms with van der Waals surface area (Å²) in [6.07, 6.45) is 1.33. The van der Waals surface area contributed by atoms with Gasteiger partial charge >= 0.3 is 5.97 Å². The Labute approximate surface area is 206 Å². The van der Waals surface area contributed by atoms with Gasteiger partial charge in [0.1, 0.15) is 23.4 Å². The molecule has 8 nitrogen and oxygen atoms in total. The number of pyridine rings is 2. The number of hydrogen-bond donors (Lipinski definition) is 2. The molecule has 2 heterocycles. The lowest BCUT2D eigenvalue weighted by Crippen LogP contribution is -2.27. The molecule has 10 heteroatoms. The van der Waals surface area contributed by atoms with Crippen molar-refractivity contribution in [2.45, 2.75) is 20.8 Å². The molecule has 0 bridgehead atoms. The second kappa shape index (κ2) is 13.7. The molecule has 3 rings (SSSR count). The minimum atomic E-state index is -1.09. The molecule has 0 spiro atoms. The smallest absolute Gasteiger partial charge is 0.339 e. The van der Waals surface area contributed by atoms with Crippen LogP contribution in [0.3, 0.4) is 0 Å². The first-order chi connectivity index (χ1) is 15.0. The van der Waals surface area contributed by atoms with Crippen LogP contribution in [0.2, 0.25) is 0 Å². The first-order valence-electron chi connectivity index (χ1n) is 10.4. The number of carbonyl (C=O) groups is 1. The van der Waals surface area contributed by atoms with Crippen LogP contribution < -0.4 is 14.8 Å². The van der Waals surface area contributed by atoms with Gasteiger partial charge in [-0.2, -0.15) is 0 Å². The van der Waals surface area contributed by atoms with Crippen molar-refractivity contribution in [3.63, 3.8) is 0 Å². The summed E-state index contributed by atoms with van der Waals surface area (Å²) in [5, 5.41) is 12.8. The van der Waals surface area contributed by atoms with E-state index in [1.165, 1.54) is 6.20 Å². The summed E-state index contributed by atoms with van der Waals surface area (Å²) < 4.78 is 11.3. The summed E-state index contributed by atoms with van der Waals surface area (Å²) in [4.78, 5) is 22.7. The van der Waals surface area contributed by atoms with E-state index in [9.17, 15) is 9.90 Å². The zero-order valence-corrected chi connectivity index (χ0v) is 20.5. The number of likely N-dealkylation sites (N-methyl/N-ethyl adjacent to an activating group) is 1. The minimum Gasteiger partial charge on any atom is -0.492 e. The molecule has 1 aromatic carbocycles. The molecule has 2 N–H and O–H groups in total. The van der Waals surface area contributed by atoms with E-state index < -0.39 is 5.97 Å². The van der Waals surface area contributed by atoms with Crippen LogP contribution >= 0.6 is 24.8 Å². The number of fused-ring (bicyclic) bond motifs is 1. The number of rotatable bonds is 11. The maximum absolute atomic E-state index is 11.8. The Kier molecular flexibility index (Phi) is 11.7. The zero-order valence-electron chi connectivity index (χ0n) is 18.9. The van der Waals surface area contributed by atoms with Crippen LogP contribution in [0.25, 0.3) is 11.0 Å². The average molecular weight is 497 g/mol. The predicted octanol–water partition coefficient (Wildman–Crippen LogP) is 5.03. The van der Waals surface area contributed by atoms with Gasteiger partial charge in [-0.15, -0.1) is 24.8 Å². The Morgan fingerprint density at radius 1 is 1.03 bits per heavy atom. The first-order valence-corrected chi connectivity index (χ1v) is 10.4. The van der Waals surface area contributed by atoms with Gasteiger partial charge in [-0.25, -0.2) is 9.78 Å². The van der Waals surface area contributed by atoms with Crippen LogP contribution in [0.15, 0.2) is 42.6 Å². The molecule has 0 saturated carbocycles. The molecule has 0 radical (unpaired) electrons. The van der Waals surface area contributed by atoms with Crippen molar-refractivity contribution >= 4 is 53.2 Å². The Balaban J connectivity index is 0.00000272. The highest BCUT2D eigenvalue weighted by Crippen LogP contribution is 2.30. The number of halogens is 2. The molecule has 33 heavy (non-hydrogen) atoms. The van der Waals surface area contributed by atoms with Crippen molar-refractivity contribution in [2.24, 2.45) is 0 Å². The second-order valence-corrected chi connectivity index (χ2v) is 6.83. The maximum Gasteiger partial charge on any atom is 0.339 e. The number of carboxylic acid groups (broad SMARTS) is 1. The Hall–Kier alpha value is -2.81. The molecule has 0 fully saturated rings. The number of aromatic carboxylic acids is 1. The lowest BCUT2D eigenvalue weighted by molar-refractivity contribution is 0.0697. The van der Waals surface area contributed by atoms with Gasteiger partial charge in [-0.3, -0.25) is 4.98 Å². The van der Waals surface area contributed by atoms with Gasteiger partial charge < -0.3 is 24.8 Å². The van der Waals surface area contributed by atoms with E-state index >= 15 is 0 Å². The van der Waals surface area contributed by atoms with Crippen molar-refractivity contribution in [3.8, 4) is 11.6 Å². The van der Waals surface area contributed by atoms with E-state index in [2.05, 4.69) is 34.0 Å². The van der Waals surface area contributed by atoms with Crippen LogP contribution in [-0.4, -0.2) is 58.8 Å². The van der Waals surface area contributed by atoms with Crippen LogP contribution in [0.4, 0.5) is 11.4 Å². The number of benzene rings is 1. The summed E-state index contributed by atoms with van der Waals surface area (Å²) in [6.45, 7) is 10.0. The summed E-state index contributed by atoms with van der Waals surface area (Å²) in [7, 11) is 0. The Morgan fingerprint density at radius 3 is 2.33 bits per heavy atom.